The molecule has 1 saturated carbocycles. The van der Waals surface area contributed by atoms with Gasteiger partial charge in [-0.15, -0.1) is 6.42 Å². The highest BCUT2D eigenvalue weighted by Gasteiger charge is 2.73. The number of carbonyl (C=O) groups is 2. The van der Waals surface area contributed by atoms with Crippen LogP contribution in [0, 0.1) is 23.7 Å². The molecule has 0 heterocycles. The van der Waals surface area contributed by atoms with Crippen LogP contribution < -0.4 is 0 Å². The summed E-state index contributed by atoms with van der Waals surface area (Å²) < 4.78 is 0. The second kappa shape index (κ2) is 5.29. The van der Waals surface area contributed by atoms with E-state index in [1.54, 1.807) is 12.1 Å². The molecule has 0 aliphatic heterocycles. The molecular formula is C19H14O4. The van der Waals surface area contributed by atoms with Crippen LogP contribution >= 0.6 is 0 Å². The molecule has 2 N–H and O–H groups in total. The number of rotatable bonds is 4. The summed E-state index contributed by atoms with van der Waals surface area (Å²) in [6.07, 6.45) is 5.35. The van der Waals surface area contributed by atoms with Crippen molar-refractivity contribution in [2.75, 3.05) is 0 Å². The van der Waals surface area contributed by atoms with Gasteiger partial charge in [-0.2, -0.15) is 0 Å². The molecule has 1 fully saturated rings. The van der Waals surface area contributed by atoms with Crippen LogP contribution in [0.25, 0.3) is 11.1 Å². The fourth-order valence-corrected chi connectivity index (χ4v) is 3.20. The first kappa shape index (κ1) is 14.9. The monoisotopic (exact) mass is 306 g/mol. The molecule has 23 heavy (non-hydrogen) atoms. The van der Waals surface area contributed by atoms with E-state index in [0.29, 0.717) is 5.56 Å². The van der Waals surface area contributed by atoms with Gasteiger partial charge in [0, 0.05) is 5.92 Å². The van der Waals surface area contributed by atoms with E-state index in [0.717, 1.165) is 11.1 Å². The van der Waals surface area contributed by atoms with Crippen molar-refractivity contribution in [1.29, 1.82) is 0 Å². The maximum Gasteiger partial charge on any atom is 0.323 e. The Kier molecular flexibility index (Phi) is 3.42. The minimum atomic E-state index is -1.65. The maximum absolute atomic E-state index is 11.5. The molecule has 114 valence electrons. The lowest BCUT2D eigenvalue weighted by Gasteiger charge is -2.06. The Labute approximate surface area is 133 Å². The average Bonchev–Trinajstić information content (AvgIpc) is 3.27. The average molecular weight is 306 g/mol. The number of benzene rings is 2. The quantitative estimate of drug-likeness (QED) is 0.852. The molecule has 0 spiro atoms. The Bertz CT molecular complexity index is 802. The van der Waals surface area contributed by atoms with Crippen LogP contribution in [0.4, 0.5) is 0 Å². The molecule has 3 atom stereocenters. The largest absolute Gasteiger partial charge is 0.481 e. The van der Waals surface area contributed by atoms with Gasteiger partial charge in [0.25, 0.3) is 0 Å². The van der Waals surface area contributed by atoms with E-state index in [2.05, 4.69) is 5.92 Å². The van der Waals surface area contributed by atoms with E-state index in [1.165, 1.54) is 0 Å². The van der Waals surface area contributed by atoms with Crippen molar-refractivity contribution in [3.8, 4) is 23.5 Å². The number of aliphatic carboxylic acids is 2. The number of carboxylic acid groups (broad SMARTS) is 2. The van der Waals surface area contributed by atoms with Crippen molar-refractivity contribution in [2.24, 2.45) is 11.3 Å². The Hall–Kier alpha value is -3.06. The van der Waals surface area contributed by atoms with Gasteiger partial charge in [-0.05, 0) is 16.7 Å². The van der Waals surface area contributed by atoms with E-state index in [9.17, 15) is 19.8 Å². The normalized spacial score (nSPS) is 25.3. The lowest BCUT2D eigenvalue weighted by atomic mass is 9.97. The molecule has 0 amide bonds. The third kappa shape index (κ3) is 2.18. The third-order valence-electron chi connectivity index (χ3n) is 4.44. The van der Waals surface area contributed by atoms with Crippen LogP contribution in [0.1, 0.15) is 11.5 Å². The van der Waals surface area contributed by atoms with Gasteiger partial charge in [-0.3, -0.25) is 9.59 Å². The van der Waals surface area contributed by atoms with Crippen molar-refractivity contribution < 1.29 is 19.8 Å². The van der Waals surface area contributed by atoms with E-state index < -0.39 is 29.2 Å². The first-order valence-electron chi connectivity index (χ1n) is 7.11. The highest BCUT2D eigenvalue weighted by atomic mass is 16.4. The fourth-order valence-electron chi connectivity index (χ4n) is 3.20. The van der Waals surface area contributed by atoms with Crippen LogP contribution in [0.2, 0.25) is 0 Å². The molecular weight excluding hydrogens is 292 g/mol. The van der Waals surface area contributed by atoms with Gasteiger partial charge in [-0.25, -0.2) is 0 Å². The molecule has 1 aliphatic rings. The fraction of sp³-hybridized carbons (Fsp3) is 0.158. The number of hydrogen-bond acceptors (Lipinski definition) is 2. The predicted molar refractivity (Wildman–Crippen MR) is 84.6 cm³/mol. The van der Waals surface area contributed by atoms with Gasteiger partial charge < -0.3 is 10.2 Å². The third-order valence-corrected chi connectivity index (χ3v) is 4.44. The summed E-state index contributed by atoms with van der Waals surface area (Å²) in [5.74, 6) is -2.03. The molecule has 4 heteroatoms. The second-order valence-electron chi connectivity index (χ2n) is 5.60. The zero-order valence-electron chi connectivity index (χ0n) is 12.1. The number of terminal acetylenes is 1. The van der Waals surface area contributed by atoms with Crippen LogP contribution in [-0.2, 0) is 9.59 Å². The molecule has 0 saturated heterocycles. The van der Waals surface area contributed by atoms with Gasteiger partial charge in [-0.1, -0.05) is 60.5 Å². The smallest absolute Gasteiger partial charge is 0.323 e. The Balaban J connectivity index is 1.95. The van der Waals surface area contributed by atoms with Crippen molar-refractivity contribution in [2.45, 2.75) is 5.92 Å². The van der Waals surface area contributed by atoms with Crippen molar-refractivity contribution in [1.82, 2.24) is 0 Å². The van der Waals surface area contributed by atoms with Crippen LogP contribution in [0.3, 0.4) is 0 Å². The highest BCUT2D eigenvalue weighted by molar-refractivity contribution is 5.95. The minimum absolute atomic E-state index is 0.637. The second-order valence-corrected chi connectivity index (χ2v) is 5.60. The Morgan fingerprint density at radius 1 is 0.957 bits per heavy atom. The lowest BCUT2D eigenvalue weighted by molar-refractivity contribution is -0.146. The molecule has 3 rings (SSSR count). The molecule has 0 bridgehead atoms. The first-order valence-corrected chi connectivity index (χ1v) is 7.11. The van der Waals surface area contributed by atoms with E-state index in [1.807, 2.05) is 42.5 Å². The predicted octanol–water partition coefficient (Wildman–Crippen LogP) is 2.86. The zero-order chi connectivity index (χ0) is 16.6. The zero-order valence-corrected chi connectivity index (χ0v) is 12.1. The molecule has 0 aromatic heterocycles. The van der Waals surface area contributed by atoms with Crippen LogP contribution in [-0.4, -0.2) is 22.2 Å². The summed E-state index contributed by atoms with van der Waals surface area (Å²) in [6.45, 7) is 0. The minimum Gasteiger partial charge on any atom is -0.481 e. The van der Waals surface area contributed by atoms with Crippen molar-refractivity contribution >= 4 is 11.9 Å². The maximum atomic E-state index is 11.5. The summed E-state index contributed by atoms with van der Waals surface area (Å²) in [5.41, 5.74) is 0.993. The van der Waals surface area contributed by atoms with Crippen molar-refractivity contribution in [3.63, 3.8) is 0 Å². The molecule has 1 aliphatic carbocycles. The summed E-state index contributed by atoms with van der Waals surface area (Å²) in [5, 5.41) is 18.7. The topological polar surface area (TPSA) is 74.6 Å². The molecule has 2 aromatic rings. The molecule has 3 unspecified atom stereocenters. The molecule has 0 radical (unpaired) electrons. The van der Waals surface area contributed by atoms with E-state index in [4.69, 9.17) is 6.42 Å². The van der Waals surface area contributed by atoms with Gasteiger partial charge in [0.1, 0.15) is 5.41 Å². The standard InChI is InChI=1S/C19H14O4/c1-2-19(18(22)23)15(16(19)17(20)21)14-10-8-13(9-11-14)12-6-4-3-5-7-12/h1,3-11,15-16H,(H,20,21)(H,22,23). The van der Waals surface area contributed by atoms with Gasteiger partial charge >= 0.3 is 11.9 Å². The van der Waals surface area contributed by atoms with Gasteiger partial charge in [0.15, 0.2) is 0 Å². The SMILES string of the molecule is C#CC1(C(=O)O)C(C(=O)O)C1c1ccc(-c2ccccc2)cc1. The lowest BCUT2D eigenvalue weighted by Crippen LogP contribution is -2.19. The van der Waals surface area contributed by atoms with Crippen LogP contribution in [0.15, 0.2) is 54.6 Å². The van der Waals surface area contributed by atoms with Crippen molar-refractivity contribution in [3.05, 3.63) is 60.2 Å². The van der Waals surface area contributed by atoms with Gasteiger partial charge in [0.05, 0.1) is 5.92 Å². The number of hydrogen-bond donors (Lipinski definition) is 2. The summed E-state index contributed by atoms with van der Waals surface area (Å²) in [7, 11) is 0. The van der Waals surface area contributed by atoms with Gasteiger partial charge in [0.2, 0.25) is 0 Å². The summed E-state index contributed by atoms with van der Waals surface area (Å²) in [6, 6.07) is 16.9. The summed E-state index contributed by atoms with van der Waals surface area (Å²) >= 11 is 0. The molecule has 2 aromatic carbocycles. The Morgan fingerprint density at radius 3 is 1.96 bits per heavy atom. The van der Waals surface area contributed by atoms with Crippen LogP contribution in [0.5, 0.6) is 0 Å². The number of carboxylic acids is 2. The highest BCUT2D eigenvalue weighted by Crippen LogP contribution is 2.64. The summed E-state index contributed by atoms with van der Waals surface area (Å²) in [4.78, 5) is 22.8. The van der Waals surface area contributed by atoms with E-state index in [-0.39, 0.29) is 0 Å². The Morgan fingerprint density at radius 2 is 1.52 bits per heavy atom. The molecule has 4 nitrogen and oxygen atoms in total. The first-order chi connectivity index (χ1) is 11.0. The van der Waals surface area contributed by atoms with E-state index >= 15 is 0 Å².